The first-order chi connectivity index (χ1) is 12.2. The number of hydrazone groups is 1. The van der Waals surface area contributed by atoms with Crippen LogP contribution in [0, 0.1) is 0 Å². The number of carbonyl (C=O) groups is 1. The number of phenols is 1. The molecule has 0 fully saturated rings. The van der Waals surface area contributed by atoms with Crippen LogP contribution in [0.15, 0.2) is 53.6 Å². The molecule has 2 N–H and O–H groups in total. The molecule has 0 bridgehead atoms. The summed E-state index contributed by atoms with van der Waals surface area (Å²) in [7, 11) is 1.54. The van der Waals surface area contributed by atoms with E-state index in [0.717, 1.165) is 5.56 Å². The summed E-state index contributed by atoms with van der Waals surface area (Å²) >= 11 is 0. The third-order valence-electron chi connectivity index (χ3n) is 3.27. The Labute approximate surface area is 150 Å². The van der Waals surface area contributed by atoms with Crippen molar-refractivity contribution in [2.24, 2.45) is 5.10 Å². The van der Waals surface area contributed by atoms with Crippen molar-refractivity contribution in [3.05, 3.63) is 59.7 Å². The summed E-state index contributed by atoms with van der Waals surface area (Å²) in [6, 6.07) is 15.7. The van der Waals surface area contributed by atoms with E-state index in [1.165, 1.54) is 12.7 Å². The standard InChI is InChI=1S/C17H20N2O2.C2H6.CH2O/c1-13(14-7-4-3-5-8-14)19-18-12-11-15-9-6-10-16(21-2)17(15)20;2*1-2/h3-10,12-13,19-20H,11H2,1-2H3;1-2H3;1H2/b18-12+;;. The molecule has 0 amide bonds. The molecule has 2 aromatic rings. The fraction of sp³-hybridized carbons (Fsp3) is 0.300. The smallest absolute Gasteiger partial charge is 0.161 e. The van der Waals surface area contributed by atoms with Crippen LogP contribution in [0.5, 0.6) is 11.5 Å². The highest BCUT2D eigenvalue weighted by Gasteiger charge is 2.06. The zero-order chi connectivity index (χ0) is 19.1. The van der Waals surface area contributed by atoms with Gasteiger partial charge in [0, 0.05) is 18.2 Å². The third kappa shape index (κ3) is 7.52. The van der Waals surface area contributed by atoms with Gasteiger partial charge in [0.25, 0.3) is 0 Å². The SMILES string of the molecule is C=O.CC.COc1cccc(C/C=N/NC(C)c2ccccc2)c1O. The van der Waals surface area contributed by atoms with Gasteiger partial charge < -0.3 is 20.1 Å². The highest BCUT2D eigenvalue weighted by Crippen LogP contribution is 2.29. The monoisotopic (exact) mass is 344 g/mol. The average molecular weight is 344 g/mol. The lowest BCUT2D eigenvalue weighted by Gasteiger charge is -2.11. The molecular weight excluding hydrogens is 316 g/mol. The Bertz CT molecular complexity index is 616. The van der Waals surface area contributed by atoms with Gasteiger partial charge in [-0.25, -0.2) is 0 Å². The molecule has 0 saturated heterocycles. The van der Waals surface area contributed by atoms with Crippen molar-refractivity contribution in [3.63, 3.8) is 0 Å². The topological polar surface area (TPSA) is 70.9 Å². The minimum absolute atomic E-state index is 0.140. The van der Waals surface area contributed by atoms with Gasteiger partial charge in [-0.15, -0.1) is 0 Å². The number of phenolic OH excluding ortho intramolecular Hbond substituents is 1. The Hall–Kier alpha value is -2.82. The molecule has 25 heavy (non-hydrogen) atoms. The lowest BCUT2D eigenvalue weighted by atomic mass is 10.1. The second-order valence-electron chi connectivity index (χ2n) is 4.75. The molecule has 5 nitrogen and oxygen atoms in total. The molecule has 0 aliphatic carbocycles. The number of ether oxygens (including phenoxy) is 1. The van der Waals surface area contributed by atoms with Crippen molar-refractivity contribution in [1.29, 1.82) is 0 Å². The molecule has 2 aromatic carbocycles. The Morgan fingerprint density at radius 1 is 1.16 bits per heavy atom. The normalized spacial score (nSPS) is 10.7. The summed E-state index contributed by atoms with van der Waals surface area (Å²) in [5.74, 6) is 0.647. The van der Waals surface area contributed by atoms with E-state index in [-0.39, 0.29) is 11.8 Å². The average Bonchev–Trinajstić information content (AvgIpc) is 2.70. The molecule has 2 rings (SSSR count). The van der Waals surface area contributed by atoms with Gasteiger partial charge in [0.2, 0.25) is 0 Å². The van der Waals surface area contributed by atoms with E-state index in [9.17, 15) is 5.11 Å². The van der Waals surface area contributed by atoms with Gasteiger partial charge in [0.15, 0.2) is 11.5 Å². The van der Waals surface area contributed by atoms with Gasteiger partial charge >= 0.3 is 0 Å². The first-order valence-corrected chi connectivity index (χ1v) is 8.18. The highest BCUT2D eigenvalue weighted by molar-refractivity contribution is 5.64. The molecule has 0 saturated carbocycles. The Morgan fingerprint density at radius 2 is 1.80 bits per heavy atom. The van der Waals surface area contributed by atoms with E-state index in [1.807, 2.05) is 51.0 Å². The summed E-state index contributed by atoms with van der Waals surface area (Å²) in [4.78, 5) is 8.00. The maximum atomic E-state index is 9.97. The van der Waals surface area contributed by atoms with Crippen LogP contribution in [0.1, 0.15) is 37.9 Å². The van der Waals surface area contributed by atoms with Gasteiger partial charge in [-0.2, -0.15) is 5.10 Å². The fourth-order valence-electron chi connectivity index (χ4n) is 2.02. The number of hydrogen-bond donors (Lipinski definition) is 2. The second kappa shape index (κ2) is 13.6. The van der Waals surface area contributed by atoms with Crippen molar-refractivity contribution in [2.75, 3.05) is 7.11 Å². The number of hydrogen-bond acceptors (Lipinski definition) is 5. The summed E-state index contributed by atoms with van der Waals surface area (Å²) in [5.41, 5.74) is 5.04. The molecule has 0 aliphatic heterocycles. The van der Waals surface area contributed by atoms with E-state index in [0.29, 0.717) is 12.2 Å². The first kappa shape index (κ1) is 22.2. The van der Waals surface area contributed by atoms with Gasteiger partial charge in [-0.1, -0.05) is 56.3 Å². The van der Waals surface area contributed by atoms with E-state index in [1.54, 1.807) is 12.3 Å². The number of rotatable bonds is 6. The lowest BCUT2D eigenvalue weighted by molar-refractivity contribution is -0.0979. The maximum absolute atomic E-state index is 9.97. The number of aromatic hydroxyl groups is 1. The van der Waals surface area contributed by atoms with E-state index < -0.39 is 0 Å². The number of methoxy groups -OCH3 is 1. The Kier molecular flexibility index (Phi) is 12.1. The van der Waals surface area contributed by atoms with Crippen LogP contribution in [-0.2, 0) is 11.2 Å². The molecule has 1 atom stereocenters. The van der Waals surface area contributed by atoms with Crippen molar-refractivity contribution in [1.82, 2.24) is 5.43 Å². The van der Waals surface area contributed by atoms with Gasteiger partial charge in [-0.3, -0.25) is 0 Å². The van der Waals surface area contributed by atoms with E-state index >= 15 is 0 Å². The van der Waals surface area contributed by atoms with Gasteiger partial charge in [0.05, 0.1) is 13.2 Å². The molecule has 0 heterocycles. The van der Waals surface area contributed by atoms with Crippen molar-refractivity contribution < 1.29 is 14.6 Å². The molecule has 136 valence electrons. The minimum atomic E-state index is 0.140. The van der Waals surface area contributed by atoms with Crippen LogP contribution in [0.4, 0.5) is 0 Å². The maximum Gasteiger partial charge on any atom is 0.161 e. The lowest BCUT2D eigenvalue weighted by Crippen LogP contribution is -2.12. The van der Waals surface area contributed by atoms with Crippen LogP contribution in [0.3, 0.4) is 0 Å². The van der Waals surface area contributed by atoms with Crippen molar-refractivity contribution in [3.8, 4) is 11.5 Å². The number of benzene rings is 2. The highest BCUT2D eigenvalue weighted by atomic mass is 16.5. The molecule has 0 radical (unpaired) electrons. The molecule has 0 aromatic heterocycles. The number of nitrogens with zero attached hydrogens (tertiary/aromatic N) is 1. The van der Waals surface area contributed by atoms with E-state index in [2.05, 4.69) is 29.6 Å². The summed E-state index contributed by atoms with van der Waals surface area (Å²) in [5, 5.41) is 14.2. The quantitative estimate of drug-likeness (QED) is 0.611. The summed E-state index contributed by atoms with van der Waals surface area (Å²) in [6.45, 7) is 8.05. The minimum Gasteiger partial charge on any atom is -0.504 e. The number of nitrogens with one attached hydrogen (secondary N) is 1. The zero-order valence-corrected chi connectivity index (χ0v) is 15.4. The molecule has 0 aliphatic rings. The van der Waals surface area contributed by atoms with Gasteiger partial charge in [-0.05, 0) is 18.6 Å². The molecular formula is C20H28N2O3. The third-order valence-corrected chi connectivity index (χ3v) is 3.27. The Morgan fingerprint density at radius 3 is 2.40 bits per heavy atom. The molecule has 1 unspecified atom stereocenters. The van der Waals surface area contributed by atoms with Crippen molar-refractivity contribution in [2.45, 2.75) is 33.2 Å². The second-order valence-corrected chi connectivity index (χ2v) is 4.75. The molecule has 5 heteroatoms. The Balaban J connectivity index is 0.00000134. The summed E-state index contributed by atoms with van der Waals surface area (Å²) < 4.78 is 5.08. The van der Waals surface area contributed by atoms with E-state index in [4.69, 9.17) is 9.53 Å². The summed E-state index contributed by atoms with van der Waals surface area (Å²) in [6.07, 6.45) is 2.28. The fourth-order valence-corrected chi connectivity index (χ4v) is 2.02. The number of para-hydroxylation sites is 1. The van der Waals surface area contributed by atoms with Crippen LogP contribution in [0.25, 0.3) is 0 Å². The molecule has 0 spiro atoms. The zero-order valence-electron chi connectivity index (χ0n) is 15.4. The predicted octanol–water partition coefficient (Wildman–Crippen LogP) is 4.12. The van der Waals surface area contributed by atoms with Crippen LogP contribution < -0.4 is 10.2 Å². The predicted molar refractivity (Wildman–Crippen MR) is 103 cm³/mol. The van der Waals surface area contributed by atoms with Crippen LogP contribution in [-0.4, -0.2) is 25.2 Å². The van der Waals surface area contributed by atoms with Crippen LogP contribution in [0.2, 0.25) is 0 Å². The van der Waals surface area contributed by atoms with Crippen LogP contribution >= 0.6 is 0 Å². The van der Waals surface area contributed by atoms with Gasteiger partial charge in [0.1, 0.15) is 6.79 Å². The first-order valence-electron chi connectivity index (χ1n) is 8.18. The van der Waals surface area contributed by atoms with Crippen molar-refractivity contribution >= 4 is 13.0 Å². The number of carbonyl (C=O) groups excluding carboxylic acids is 1. The largest absolute Gasteiger partial charge is 0.504 e.